The maximum atomic E-state index is 13.0. The van der Waals surface area contributed by atoms with Gasteiger partial charge in [-0.3, -0.25) is 10.1 Å². The minimum atomic E-state index is -0.951. The molecule has 0 aromatic heterocycles. The molecule has 7 heteroatoms. The summed E-state index contributed by atoms with van der Waals surface area (Å²) >= 11 is 3.17. The van der Waals surface area contributed by atoms with Crippen LogP contribution in [0.2, 0.25) is 0 Å². The van der Waals surface area contributed by atoms with Crippen molar-refractivity contribution in [1.29, 1.82) is 0 Å². The number of rotatable bonds is 4. The maximum absolute atomic E-state index is 13.0. The van der Waals surface area contributed by atoms with Crippen LogP contribution in [0.1, 0.15) is 5.56 Å². The Morgan fingerprint density at radius 1 is 1.20 bits per heavy atom. The van der Waals surface area contributed by atoms with Crippen LogP contribution >= 0.6 is 15.9 Å². The minimum Gasteiger partial charge on any atom is -0.381 e. The summed E-state index contributed by atoms with van der Waals surface area (Å²) in [6.07, 6.45) is 0. The lowest BCUT2D eigenvalue weighted by atomic mass is 10.2. The van der Waals surface area contributed by atoms with Crippen LogP contribution in [0.25, 0.3) is 0 Å². The smallest absolute Gasteiger partial charge is 0.283 e. The van der Waals surface area contributed by atoms with Crippen molar-refractivity contribution in [3.8, 4) is 0 Å². The second-order valence-corrected chi connectivity index (χ2v) is 4.78. The van der Waals surface area contributed by atoms with Crippen LogP contribution in [-0.4, -0.2) is 4.92 Å². The molecule has 0 fully saturated rings. The van der Waals surface area contributed by atoms with Crippen LogP contribution in [0.5, 0.6) is 0 Å². The maximum Gasteiger partial charge on any atom is 0.283 e. The van der Waals surface area contributed by atoms with E-state index in [-0.39, 0.29) is 12.2 Å². The van der Waals surface area contributed by atoms with Gasteiger partial charge in [0.15, 0.2) is 11.6 Å². The first-order valence-corrected chi connectivity index (χ1v) is 6.39. The van der Waals surface area contributed by atoms with Crippen molar-refractivity contribution in [2.45, 2.75) is 6.54 Å². The standard InChI is InChI=1S/C13H9BrF2N2O2/c14-13-8(2-1-3-12(13)18(19)20)7-17-9-4-5-10(15)11(16)6-9/h1-6,17H,7H2. The zero-order chi connectivity index (χ0) is 14.7. The fourth-order valence-electron chi connectivity index (χ4n) is 1.65. The number of nitrogens with one attached hydrogen (secondary N) is 1. The number of halogens is 3. The highest BCUT2D eigenvalue weighted by Gasteiger charge is 2.14. The predicted molar refractivity (Wildman–Crippen MR) is 74.5 cm³/mol. The Kier molecular flexibility index (Phi) is 4.29. The van der Waals surface area contributed by atoms with Crippen molar-refractivity contribution in [3.05, 3.63) is 68.2 Å². The SMILES string of the molecule is O=[N+]([O-])c1cccc(CNc2ccc(F)c(F)c2)c1Br. The summed E-state index contributed by atoms with van der Waals surface area (Å²) in [7, 11) is 0. The second kappa shape index (κ2) is 5.96. The van der Waals surface area contributed by atoms with E-state index in [1.807, 2.05) is 0 Å². The number of nitrogens with zero attached hydrogens (tertiary/aromatic N) is 1. The van der Waals surface area contributed by atoms with Crippen molar-refractivity contribution in [1.82, 2.24) is 0 Å². The normalized spacial score (nSPS) is 10.3. The van der Waals surface area contributed by atoms with E-state index < -0.39 is 16.6 Å². The molecular formula is C13H9BrF2N2O2. The van der Waals surface area contributed by atoms with Crippen LogP contribution in [0.3, 0.4) is 0 Å². The molecule has 2 aromatic rings. The van der Waals surface area contributed by atoms with Gasteiger partial charge in [-0.05, 0) is 33.6 Å². The first-order chi connectivity index (χ1) is 9.49. The third-order valence-corrected chi connectivity index (χ3v) is 3.57. The molecule has 0 aliphatic carbocycles. The zero-order valence-corrected chi connectivity index (χ0v) is 11.7. The van der Waals surface area contributed by atoms with E-state index in [2.05, 4.69) is 21.2 Å². The molecule has 0 saturated heterocycles. The summed E-state index contributed by atoms with van der Waals surface area (Å²) in [6, 6.07) is 8.07. The van der Waals surface area contributed by atoms with E-state index in [9.17, 15) is 18.9 Å². The van der Waals surface area contributed by atoms with Gasteiger partial charge < -0.3 is 5.32 Å². The van der Waals surface area contributed by atoms with Crippen LogP contribution in [-0.2, 0) is 6.54 Å². The number of benzene rings is 2. The monoisotopic (exact) mass is 342 g/mol. The van der Waals surface area contributed by atoms with E-state index >= 15 is 0 Å². The van der Waals surface area contributed by atoms with E-state index in [0.717, 1.165) is 12.1 Å². The number of anilines is 1. The van der Waals surface area contributed by atoms with Gasteiger partial charge in [0.2, 0.25) is 0 Å². The highest BCUT2D eigenvalue weighted by Crippen LogP contribution is 2.28. The average molecular weight is 343 g/mol. The molecule has 104 valence electrons. The van der Waals surface area contributed by atoms with E-state index in [1.165, 1.54) is 12.1 Å². The summed E-state index contributed by atoms with van der Waals surface area (Å²) in [5.41, 5.74) is 0.987. The summed E-state index contributed by atoms with van der Waals surface area (Å²) in [5, 5.41) is 13.7. The largest absolute Gasteiger partial charge is 0.381 e. The van der Waals surface area contributed by atoms with Crippen molar-refractivity contribution in [2.75, 3.05) is 5.32 Å². The lowest BCUT2D eigenvalue weighted by Gasteiger charge is -2.08. The fraction of sp³-hybridized carbons (Fsp3) is 0.0769. The van der Waals surface area contributed by atoms with Gasteiger partial charge in [0.1, 0.15) is 4.47 Å². The third kappa shape index (κ3) is 3.11. The predicted octanol–water partition coefficient (Wildman–Crippen LogP) is 4.25. The van der Waals surface area contributed by atoms with E-state index in [1.54, 1.807) is 12.1 Å². The first kappa shape index (κ1) is 14.4. The van der Waals surface area contributed by atoms with Crippen molar-refractivity contribution in [3.63, 3.8) is 0 Å². The highest BCUT2D eigenvalue weighted by atomic mass is 79.9. The highest BCUT2D eigenvalue weighted by molar-refractivity contribution is 9.10. The topological polar surface area (TPSA) is 55.2 Å². The molecule has 0 radical (unpaired) electrons. The molecule has 2 aromatic carbocycles. The van der Waals surface area contributed by atoms with Gasteiger partial charge in [-0.25, -0.2) is 8.78 Å². The Morgan fingerprint density at radius 2 is 1.95 bits per heavy atom. The molecule has 0 atom stereocenters. The molecule has 0 aliphatic heterocycles. The molecule has 2 rings (SSSR count). The average Bonchev–Trinajstić information content (AvgIpc) is 2.41. The second-order valence-electron chi connectivity index (χ2n) is 3.99. The molecule has 0 amide bonds. The van der Waals surface area contributed by atoms with Gasteiger partial charge in [0, 0.05) is 24.4 Å². The lowest BCUT2D eigenvalue weighted by Crippen LogP contribution is -2.02. The first-order valence-electron chi connectivity index (χ1n) is 5.59. The minimum absolute atomic E-state index is 0.0467. The Labute approximate surface area is 121 Å². The Morgan fingerprint density at radius 3 is 2.60 bits per heavy atom. The number of nitro benzene ring substituents is 1. The summed E-state index contributed by atoms with van der Waals surface area (Å²) < 4.78 is 26.2. The molecule has 4 nitrogen and oxygen atoms in total. The quantitative estimate of drug-likeness (QED) is 0.667. The molecular weight excluding hydrogens is 334 g/mol. The van der Waals surface area contributed by atoms with E-state index in [4.69, 9.17) is 0 Å². The molecule has 0 saturated carbocycles. The summed E-state index contributed by atoms with van der Waals surface area (Å²) in [5.74, 6) is -1.87. The molecule has 0 aliphatic rings. The summed E-state index contributed by atoms with van der Waals surface area (Å²) in [4.78, 5) is 10.3. The van der Waals surface area contributed by atoms with Crippen LogP contribution in [0.15, 0.2) is 40.9 Å². The van der Waals surface area contributed by atoms with Crippen molar-refractivity contribution >= 4 is 27.3 Å². The fourth-order valence-corrected chi connectivity index (χ4v) is 2.20. The Bertz CT molecular complexity index is 665. The lowest BCUT2D eigenvalue weighted by molar-refractivity contribution is -0.385. The zero-order valence-electron chi connectivity index (χ0n) is 10.1. The van der Waals surface area contributed by atoms with Crippen LogP contribution in [0, 0.1) is 21.7 Å². The molecule has 1 N–H and O–H groups in total. The molecule has 0 unspecified atom stereocenters. The van der Waals surface area contributed by atoms with Gasteiger partial charge in [0.25, 0.3) is 5.69 Å². The molecule has 0 bridgehead atoms. The van der Waals surface area contributed by atoms with Crippen molar-refractivity contribution in [2.24, 2.45) is 0 Å². The Hall–Kier alpha value is -2.02. The van der Waals surface area contributed by atoms with Gasteiger partial charge in [-0.2, -0.15) is 0 Å². The summed E-state index contributed by atoms with van der Waals surface area (Å²) in [6.45, 7) is 0.243. The van der Waals surface area contributed by atoms with Gasteiger partial charge in [-0.15, -0.1) is 0 Å². The van der Waals surface area contributed by atoms with Gasteiger partial charge in [0.05, 0.1) is 4.92 Å². The van der Waals surface area contributed by atoms with Gasteiger partial charge >= 0.3 is 0 Å². The molecule has 20 heavy (non-hydrogen) atoms. The number of hydrogen-bond donors (Lipinski definition) is 1. The van der Waals surface area contributed by atoms with E-state index in [0.29, 0.717) is 15.7 Å². The molecule has 0 spiro atoms. The van der Waals surface area contributed by atoms with Crippen LogP contribution in [0.4, 0.5) is 20.2 Å². The van der Waals surface area contributed by atoms with Crippen molar-refractivity contribution < 1.29 is 13.7 Å². The number of hydrogen-bond acceptors (Lipinski definition) is 3. The van der Waals surface area contributed by atoms with Crippen LogP contribution < -0.4 is 5.32 Å². The number of nitro groups is 1. The third-order valence-electron chi connectivity index (χ3n) is 2.66. The molecule has 0 heterocycles. The van der Waals surface area contributed by atoms with Gasteiger partial charge in [-0.1, -0.05) is 12.1 Å². The Balaban J connectivity index is 2.17.